The number of carbonyl (C=O) groups excluding carboxylic acids is 5. The predicted molar refractivity (Wildman–Crippen MR) is 233 cm³/mol. The number of nitrogens with one attached hydrogen (secondary N) is 3. The molecule has 4 aromatic rings. The van der Waals surface area contributed by atoms with E-state index in [9.17, 15) is 24.0 Å². The molecule has 322 valence electrons. The molecule has 9 rings (SSSR count). The van der Waals surface area contributed by atoms with Gasteiger partial charge in [0.25, 0.3) is 11.8 Å². The Labute approximate surface area is 360 Å². The molecule has 6 heterocycles. The van der Waals surface area contributed by atoms with Crippen LogP contribution in [-0.2, 0) is 20.9 Å². The van der Waals surface area contributed by atoms with E-state index in [1.54, 1.807) is 23.2 Å². The number of piperidine rings is 1. The van der Waals surface area contributed by atoms with Crippen LogP contribution in [0.1, 0.15) is 58.5 Å². The molecule has 5 aliphatic rings. The number of urea groups is 1. The third-order valence-electron chi connectivity index (χ3n) is 12.4. The number of rotatable bonds is 12. The van der Waals surface area contributed by atoms with Crippen LogP contribution in [0.15, 0.2) is 72.9 Å². The molecular formula is C46H52N10O6. The first-order chi connectivity index (χ1) is 29.9. The van der Waals surface area contributed by atoms with Gasteiger partial charge in [0.2, 0.25) is 17.8 Å². The van der Waals surface area contributed by atoms with Crippen molar-refractivity contribution in [2.45, 2.75) is 58.4 Å². The minimum atomic E-state index is -0.968. The van der Waals surface area contributed by atoms with Crippen molar-refractivity contribution in [3.05, 3.63) is 95.2 Å². The van der Waals surface area contributed by atoms with Crippen LogP contribution >= 0.6 is 0 Å². The van der Waals surface area contributed by atoms with Crippen LogP contribution in [-0.4, -0.2) is 131 Å². The molecule has 3 N–H and O–H groups in total. The molecule has 6 amide bonds. The molecule has 16 heteroatoms. The second-order valence-corrected chi connectivity index (χ2v) is 17.2. The number of aromatic nitrogens is 2. The van der Waals surface area contributed by atoms with E-state index in [0.717, 1.165) is 84.5 Å². The maximum absolute atomic E-state index is 13.3. The first kappa shape index (κ1) is 41.0. The Morgan fingerprint density at radius 1 is 0.855 bits per heavy atom. The zero-order valence-electron chi connectivity index (χ0n) is 35.3. The summed E-state index contributed by atoms with van der Waals surface area (Å²) in [6.07, 6.45) is 2.26. The van der Waals surface area contributed by atoms with Crippen molar-refractivity contribution in [3.8, 4) is 11.3 Å². The number of piperazine rings is 1. The topological polar surface area (TPSA) is 173 Å². The summed E-state index contributed by atoms with van der Waals surface area (Å²) in [5, 5.41) is 8.63. The summed E-state index contributed by atoms with van der Waals surface area (Å²) in [4.78, 5) is 82.2. The third-order valence-corrected chi connectivity index (χ3v) is 12.4. The van der Waals surface area contributed by atoms with E-state index in [1.165, 1.54) is 5.69 Å². The Morgan fingerprint density at radius 3 is 2.32 bits per heavy atom. The summed E-state index contributed by atoms with van der Waals surface area (Å²) in [6, 6.07) is 20.7. The van der Waals surface area contributed by atoms with Gasteiger partial charge in [0, 0.05) is 93.5 Å². The van der Waals surface area contributed by atoms with Gasteiger partial charge in [-0.1, -0.05) is 12.1 Å². The van der Waals surface area contributed by atoms with Crippen molar-refractivity contribution in [3.63, 3.8) is 0 Å². The van der Waals surface area contributed by atoms with Crippen molar-refractivity contribution in [1.82, 2.24) is 35.3 Å². The van der Waals surface area contributed by atoms with Gasteiger partial charge in [-0.25, -0.2) is 14.8 Å². The lowest BCUT2D eigenvalue weighted by molar-refractivity contribution is -0.136. The number of amides is 6. The van der Waals surface area contributed by atoms with E-state index in [2.05, 4.69) is 66.0 Å². The van der Waals surface area contributed by atoms with Gasteiger partial charge in [-0.2, -0.15) is 0 Å². The normalized spacial score (nSPS) is 19.7. The molecule has 62 heavy (non-hydrogen) atoms. The standard InChI is InChI=1S/C46H52N10O6/c1-28(2)62-36-26-55(27-36)46(61)48-22-32-5-4-31(20-29(32)3)39-14-15-47-45(50-39)49-33-6-8-34(9-7-33)53-18-16-52(17-19-53)23-30-24-54(25-30)35-10-11-37-38(21-35)44(60)56(43(37)59)40-12-13-41(57)51-42(40)58/h4-11,14-15,20-21,28,30,36,40H,12-13,16-19,22-27H2,1-3H3,(H,48,61)(H,47,49,50)(H,51,57,58). The molecule has 0 bridgehead atoms. The Kier molecular flexibility index (Phi) is 11.4. The van der Waals surface area contributed by atoms with Crippen molar-refractivity contribution in [2.24, 2.45) is 5.92 Å². The van der Waals surface area contributed by atoms with Gasteiger partial charge in [-0.05, 0) is 92.9 Å². The molecule has 4 saturated heterocycles. The number of fused-ring (bicyclic) bond motifs is 1. The van der Waals surface area contributed by atoms with Gasteiger partial charge in [0.05, 0.1) is 42.1 Å². The van der Waals surface area contributed by atoms with Gasteiger partial charge in [-0.15, -0.1) is 0 Å². The largest absolute Gasteiger partial charge is 0.372 e. The van der Waals surface area contributed by atoms with Gasteiger partial charge in [0.1, 0.15) is 6.04 Å². The molecule has 1 aromatic heterocycles. The quantitative estimate of drug-likeness (QED) is 0.174. The number of likely N-dealkylation sites (tertiary alicyclic amines) is 1. The molecular weight excluding hydrogens is 789 g/mol. The van der Waals surface area contributed by atoms with E-state index in [1.807, 2.05) is 45.0 Å². The number of imide groups is 2. The molecule has 5 aliphatic heterocycles. The fraction of sp³-hybridized carbons (Fsp3) is 0.413. The lowest BCUT2D eigenvalue weighted by atomic mass is 9.97. The van der Waals surface area contributed by atoms with Gasteiger partial charge >= 0.3 is 6.03 Å². The third kappa shape index (κ3) is 8.57. The number of nitrogens with zero attached hydrogens (tertiary/aromatic N) is 7. The van der Waals surface area contributed by atoms with Crippen LogP contribution in [0.4, 0.5) is 27.8 Å². The van der Waals surface area contributed by atoms with Crippen molar-refractivity contribution < 1.29 is 28.7 Å². The number of carbonyl (C=O) groups is 5. The number of hydrogen-bond acceptors (Lipinski definition) is 12. The van der Waals surface area contributed by atoms with Gasteiger partial charge in [0.15, 0.2) is 0 Å². The molecule has 0 aliphatic carbocycles. The highest BCUT2D eigenvalue weighted by molar-refractivity contribution is 6.23. The van der Waals surface area contributed by atoms with Gasteiger partial charge in [-0.3, -0.25) is 34.3 Å². The SMILES string of the molecule is Cc1cc(-c2ccnc(Nc3ccc(N4CCN(CC5CN(c6ccc7c(c6)C(=O)N(C6CCC(=O)NC6=O)C7=O)C5)CC4)cc3)n2)ccc1CNC(=O)N1CC(OC(C)C)C1. The highest BCUT2D eigenvalue weighted by atomic mass is 16.5. The minimum Gasteiger partial charge on any atom is -0.372 e. The van der Waals surface area contributed by atoms with E-state index in [0.29, 0.717) is 42.6 Å². The molecule has 0 radical (unpaired) electrons. The van der Waals surface area contributed by atoms with Crippen LogP contribution in [0.25, 0.3) is 11.3 Å². The maximum atomic E-state index is 13.3. The second kappa shape index (κ2) is 17.2. The van der Waals surface area contributed by atoms with E-state index in [-0.39, 0.29) is 37.0 Å². The van der Waals surface area contributed by atoms with Crippen LogP contribution in [0.2, 0.25) is 0 Å². The summed E-state index contributed by atoms with van der Waals surface area (Å²) in [7, 11) is 0. The van der Waals surface area contributed by atoms with E-state index in [4.69, 9.17) is 9.72 Å². The zero-order valence-corrected chi connectivity index (χ0v) is 35.3. The molecule has 3 aromatic carbocycles. The molecule has 0 saturated carbocycles. The molecule has 4 fully saturated rings. The van der Waals surface area contributed by atoms with Crippen molar-refractivity contribution in [1.29, 1.82) is 0 Å². The van der Waals surface area contributed by atoms with Crippen molar-refractivity contribution in [2.75, 3.05) is 74.0 Å². The summed E-state index contributed by atoms with van der Waals surface area (Å²) < 4.78 is 5.76. The van der Waals surface area contributed by atoms with Crippen molar-refractivity contribution >= 4 is 52.7 Å². The number of anilines is 4. The van der Waals surface area contributed by atoms with E-state index >= 15 is 0 Å². The molecule has 0 spiro atoms. The first-order valence-electron chi connectivity index (χ1n) is 21.5. The highest BCUT2D eigenvalue weighted by Crippen LogP contribution is 2.34. The Balaban J connectivity index is 0.715. The molecule has 16 nitrogen and oxygen atoms in total. The fourth-order valence-electron chi connectivity index (χ4n) is 8.98. The highest BCUT2D eigenvalue weighted by Gasteiger charge is 2.45. The predicted octanol–water partition coefficient (Wildman–Crippen LogP) is 4.17. The van der Waals surface area contributed by atoms with Crippen LogP contribution < -0.4 is 25.8 Å². The second-order valence-electron chi connectivity index (χ2n) is 17.2. The smallest absolute Gasteiger partial charge is 0.317 e. The summed E-state index contributed by atoms with van der Waals surface area (Å²) in [6.45, 7) is 14.2. The Hall–Kier alpha value is -6.39. The fourth-order valence-corrected chi connectivity index (χ4v) is 8.98. The van der Waals surface area contributed by atoms with Crippen LogP contribution in [0, 0.1) is 12.8 Å². The summed E-state index contributed by atoms with van der Waals surface area (Å²) in [5.74, 6) is -0.955. The lowest BCUT2D eigenvalue weighted by Crippen LogP contribution is -2.58. The molecule has 1 atom stereocenters. The molecule has 1 unspecified atom stereocenters. The zero-order chi connectivity index (χ0) is 43.1. The number of aryl methyl sites for hydroxylation is 1. The Bertz CT molecular complexity index is 2390. The average Bonchev–Trinajstić information content (AvgIpc) is 3.48. The summed E-state index contributed by atoms with van der Waals surface area (Å²) in [5.41, 5.74) is 7.47. The summed E-state index contributed by atoms with van der Waals surface area (Å²) >= 11 is 0. The number of benzene rings is 3. The first-order valence-corrected chi connectivity index (χ1v) is 21.5. The van der Waals surface area contributed by atoms with Gasteiger partial charge < -0.3 is 30.1 Å². The lowest BCUT2D eigenvalue weighted by Gasteiger charge is -2.45. The van der Waals surface area contributed by atoms with Crippen LogP contribution in [0.3, 0.4) is 0 Å². The monoisotopic (exact) mass is 840 g/mol. The van der Waals surface area contributed by atoms with E-state index < -0.39 is 23.8 Å². The Morgan fingerprint density at radius 2 is 1.60 bits per heavy atom. The van der Waals surface area contributed by atoms with Crippen LogP contribution in [0.5, 0.6) is 0 Å². The number of ether oxygens (including phenoxy) is 1. The number of hydrogen-bond donors (Lipinski definition) is 3. The maximum Gasteiger partial charge on any atom is 0.317 e. The average molecular weight is 841 g/mol. The minimum absolute atomic E-state index is 0.0744.